The van der Waals surface area contributed by atoms with E-state index in [0.717, 1.165) is 17.7 Å². The number of nitrogens with zero attached hydrogens (tertiary/aromatic N) is 2. The molecule has 0 saturated carbocycles. The van der Waals surface area contributed by atoms with E-state index in [9.17, 15) is 8.42 Å². The van der Waals surface area contributed by atoms with Gasteiger partial charge in [-0.25, -0.2) is 13.1 Å². The number of aryl methyl sites for hydroxylation is 1. The summed E-state index contributed by atoms with van der Waals surface area (Å²) in [6, 6.07) is 0.194. The first-order chi connectivity index (χ1) is 9.94. The standard InChI is InChI=1S/C13H24N4O3S/c1-4-21(18,19)16-7-6-14-12-5-8-20-13(12)11-9-15-17(3)10(11)2/h9,12-14,16H,4-8H2,1-3H3/t12-,13+/m0/s1. The molecule has 1 aliphatic rings. The van der Waals surface area contributed by atoms with Gasteiger partial charge in [0.15, 0.2) is 0 Å². The Balaban J connectivity index is 1.87. The molecule has 1 aliphatic heterocycles. The number of rotatable bonds is 7. The molecule has 120 valence electrons. The van der Waals surface area contributed by atoms with Gasteiger partial charge < -0.3 is 10.1 Å². The molecule has 8 heteroatoms. The lowest BCUT2D eigenvalue weighted by Crippen LogP contribution is -2.38. The zero-order valence-corrected chi connectivity index (χ0v) is 13.6. The minimum atomic E-state index is -3.12. The molecule has 0 aromatic carbocycles. The van der Waals surface area contributed by atoms with Crippen LogP contribution in [0.25, 0.3) is 0 Å². The first-order valence-electron chi connectivity index (χ1n) is 7.25. The van der Waals surface area contributed by atoms with Crippen molar-refractivity contribution in [1.82, 2.24) is 19.8 Å². The van der Waals surface area contributed by atoms with Crippen LogP contribution in [0.3, 0.4) is 0 Å². The number of sulfonamides is 1. The van der Waals surface area contributed by atoms with Gasteiger partial charge in [0.25, 0.3) is 0 Å². The van der Waals surface area contributed by atoms with Gasteiger partial charge in [-0.1, -0.05) is 0 Å². The van der Waals surface area contributed by atoms with Crippen molar-refractivity contribution in [3.8, 4) is 0 Å². The van der Waals surface area contributed by atoms with E-state index in [-0.39, 0.29) is 17.9 Å². The van der Waals surface area contributed by atoms with Crippen molar-refractivity contribution in [2.45, 2.75) is 32.4 Å². The van der Waals surface area contributed by atoms with E-state index in [2.05, 4.69) is 15.1 Å². The van der Waals surface area contributed by atoms with Crippen molar-refractivity contribution < 1.29 is 13.2 Å². The fraction of sp³-hybridized carbons (Fsp3) is 0.769. The highest BCUT2D eigenvalue weighted by Crippen LogP contribution is 2.30. The lowest BCUT2D eigenvalue weighted by Gasteiger charge is -2.20. The molecule has 1 aromatic rings. The van der Waals surface area contributed by atoms with Crippen LogP contribution < -0.4 is 10.0 Å². The highest BCUT2D eigenvalue weighted by Gasteiger charge is 2.31. The Hall–Kier alpha value is -0.960. The second-order valence-electron chi connectivity index (χ2n) is 5.25. The summed E-state index contributed by atoms with van der Waals surface area (Å²) in [7, 11) is -1.21. The largest absolute Gasteiger partial charge is 0.372 e. The maximum atomic E-state index is 11.4. The number of hydrogen-bond acceptors (Lipinski definition) is 5. The van der Waals surface area contributed by atoms with Gasteiger partial charge in [0.1, 0.15) is 6.10 Å². The number of hydrogen-bond donors (Lipinski definition) is 2. The van der Waals surface area contributed by atoms with Crippen molar-refractivity contribution in [3.63, 3.8) is 0 Å². The van der Waals surface area contributed by atoms with Crippen LogP contribution in [0.1, 0.15) is 30.7 Å². The Kier molecular flexibility index (Phi) is 5.37. The molecule has 2 rings (SSSR count). The Morgan fingerprint density at radius 1 is 1.48 bits per heavy atom. The van der Waals surface area contributed by atoms with Gasteiger partial charge in [0, 0.05) is 44.0 Å². The van der Waals surface area contributed by atoms with Gasteiger partial charge in [-0.15, -0.1) is 0 Å². The normalized spacial score (nSPS) is 22.8. The summed E-state index contributed by atoms with van der Waals surface area (Å²) in [5.74, 6) is 0.108. The highest BCUT2D eigenvalue weighted by molar-refractivity contribution is 7.89. The number of ether oxygens (including phenoxy) is 1. The second-order valence-corrected chi connectivity index (χ2v) is 7.34. The molecule has 0 amide bonds. The smallest absolute Gasteiger partial charge is 0.211 e. The van der Waals surface area contributed by atoms with Crippen LogP contribution in [0.15, 0.2) is 6.20 Å². The average molecular weight is 316 g/mol. The maximum Gasteiger partial charge on any atom is 0.211 e. The predicted molar refractivity (Wildman–Crippen MR) is 80.5 cm³/mol. The molecule has 2 N–H and O–H groups in total. The van der Waals surface area contributed by atoms with Crippen LogP contribution in [-0.4, -0.2) is 49.7 Å². The summed E-state index contributed by atoms with van der Waals surface area (Å²) < 4.78 is 32.9. The first kappa shape index (κ1) is 16.4. The Morgan fingerprint density at radius 3 is 2.86 bits per heavy atom. The van der Waals surface area contributed by atoms with E-state index in [4.69, 9.17) is 4.74 Å². The van der Waals surface area contributed by atoms with Gasteiger partial charge >= 0.3 is 0 Å². The van der Waals surface area contributed by atoms with Crippen molar-refractivity contribution in [2.75, 3.05) is 25.4 Å². The molecular weight excluding hydrogens is 292 g/mol. The molecule has 0 bridgehead atoms. The summed E-state index contributed by atoms with van der Waals surface area (Å²) in [4.78, 5) is 0. The first-order valence-corrected chi connectivity index (χ1v) is 8.90. The molecule has 0 unspecified atom stereocenters. The Bertz CT molecular complexity index is 570. The SMILES string of the molecule is CCS(=O)(=O)NCCN[C@H]1CCO[C@@H]1c1cnn(C)c1C. The van der Waals surface area contributed by atoms with E-state index >= 15 is 0 Å². The molecule has 1 fully saturated rings. The van der Waals surface area contributed by atoms with Crippen LogP contribution in [0.2, 0.25) is 0 Å². The van der Waals surface area contributed by atoms with Crippen molar-refractivity contribution >= 4 is 10.0 Å². The zero-order valence-electron chi connectivity index (χ0n) is 12.8. The Labute approximate surface area is 126 Å². The van der Waals surface area contributed by atoms with Crippen LogP contribution >= 0.6 is 0 Å². The average Bonchev–Trinajstić information content (AvgIpc) is 3.03. The maximum absolute atomic E-state index is 11.4. The van der Waals surface area contributed by atoms with Gasteiger partial charge in [-0.05, 0) is 20.3 Å². The van der Waals surface area contributed by atoms with Gasteiger partial charge in [0.2, 0.25) is 10.0 Å². The molecule has 1 saturated heterocycles. The summed E-state index contributed by atoms with van der Waals surface area (Å²) >= 11 is 0. The summed E-state index contributed by atoms with van der Waals surface area (Å²) in [6.45, 7) is 5.34. The van der Waals surface area contributed by atoms with Gasteiger partial charge in [-0.2, -0.15) is 5.10 Å². The summed E-state index contributed by atoms with van der Waals surface area (Å²) in [5, 5.41) is 7.63. The topological polar surface area (TPSA) is 85.2 Å². The molecule has 0 aliphatic carbocycles. The fourth-order valence-electron chi connectivity index (χ4n) is 2.47. The van der Waals surface area contributed by atoms with E-state index in [1.165, 1.54) is 0 Å². The molecule has 1 aromatic heterocycles. The molecule has 0 radical (unpaired) electrons. The lowest BCUT2D eigenvalue weighted by molar-refractivity contribution is 0.0984. The van der Waals surface area contributed by atoms with Gasteiger partial charge in [0.05, 0.1) is 11.9 Å². The third kappa shape index (κ3) is 4.03. The molecule has 0 spiro atoms. The zero-order chi connectivity index (χ0) is 15.5. The minimum absolute atomic E-state index is 0.0125. The predicted octanol–water partition coefficient (Wildman–Crippen LogP) is 0.0874. The van der Waals surface area contributed by atoms with Crippen molar-refractivity contribution in [1.29, 1.82) is 0 Å². The van der Waals surface area contributed by atoms with Gasteiger partial charge in [-0.3, -0.25) is 4.68 Å². The molecule has 7 nitrogen and oxygen atoms in total. The van der Waals surface area contributed by atoms with Crippen LogP contribution in [0.4, 0.5) is 0 Å². The lowest BCUT2D eigenvalue weighted by atomic mass is 10.0. The van der Waals surface area contributed by atoms with E-state index in [1.807, 2.05) is 24.9 Å². The number of nitrogens with one attached hydrogen (secondary N) is 2. The van der Waals surface area contributed by atoms with Crippen LogP contribution in [0, 0.1) is 6.92 Å². The molecule has 2 atom stereocenters. The monoisotopic (exact) mass is 316 g/mol. The van der Waals surface area contributed by atoms with E-state index in [1.54, 1.807) is 6.92 Å². The summed E-state index contributed by atoms with van der Waals surface area (Å²) in [5.41, 5.74) is 2.20. The van der Waals surface area contributed by atoms with Crippen LogP contribution in [-0.2, 0) is 21.8 Å². The molecule has 21 heavy (non-hydrogen) atoms. The van der Waals surface area contributed by atoms with Crippen LogP contribution in [0.5, 0.6) is 0 Å². The minimum Gasteiger partial charge on any atom is -0.372 e. The molecule has 2 heterocycles. The third-order valence-corrected chi connectivity index (χ3v) is 5.31. The second kappa shape index (κ2) is 6.87. The van der Waals surface area contributed by atoms with E-state index in [0.29, 0.717) is 19.7 Å². The fourth-order valence-corrected chi connectivity index (χ4v) is 3.08. The quantitative estimate of drug-likeness (QED) is 0.696. The van der Waals surface area contributed by atoms with E-state index < -0.39 is 10.0 Å². The van der Waals surface area contributed by atoms with Crippen molar-refractivity contribution in [3.05, 3.63) is 17.5 Å². The summed E-state index contributed by atoms with van der Waals surface area (Å²) in [6.07, 6.45) is 2.75. The highest BCUT2D eigenvalue weighted by atomic mass is 32.2. The Morgan fingerprint density at radius 2 is 2.24 bits per heavy atom. The number of aromatic nitrogens is 2. The third-order valence-electron chi connectivity index (χ3n) is 3.90. The molecular formula is C13H24N4O3S. The van der Waals surface area contributed by atoms with Crippen molar-refractivity contribution in [2.24, 2.45) is 7.05 Å².